The van der Waals surface area contributed by atoms with Crippen LogP contribution in [0, 0.1) is 5.82 Å². The molecule has 0 saturated heterocycles. The maximum absolute atomic E-state index is 13.2. The standard InChI is InChI=1S/C15H12ClFO2/c1-19-14-4-2-10(3-5-14)6-15(18)11-7-12(16)9-13(17)8-11/h2-5,7-9H,6H2,1H3. The molecular formula is C15H12ClFO2. The maximum atomic E-state index is 13.2. The molecule has 0 unspecified atom stereocenters. The minimum absolute atomic E-state index is 0.174. The fourth-order valence-corrected chi connectivity index (χ4v) is 1.97. The van der Waals surface area contributed by atoms with Crippen molar-refractivity contribution in [3.8, 4) is 5.75 Å². The summed E-state index contributed by atoms with van der Waals surface area (Å²) in [6.45, 7) is 0. The van der Waals surface area contributed by atoms with Crippen molar-refractivity contribution in [2.75, 3.05) is 7.11 Å². The van der Waals surface area contributed by atoms with Gasteiger partial charge in [0.25, 0.3) is 0 Å². The van der Waals surface area contributed by atoms with Gasteiger partial charge in [0.1, 0.15) is 11.6 Å². The predicted octanol–water partition coefficient (Wildman–Crippen LogP) is 3.91. The van der Waals surface area contributed by atoms with Crippen molar-refractivity contribution in [3.63, 3.8) is 0 Å². The highest BCUT2D eigenvalue weighted by molar-refractivity contribution is 6.31. The van der Waals surface area contributed by atoms with Crippen LogP contribution in [-0.2, 0) is 6.42 Å². The van der Waals surface area contributed by atoms with Gasteiger partial charge in [-0.25, -0.2) is 4.39 Å². The van der Waals surface area contributed by atoms with E-state index in [4.69, 9.17) is 16.3 Å². The largest absolute Gasteiger partial charge is 0.497 e. The lowest BCUT2D eigenvalue weighted by Gasteiger charge is -2.04. The van der Waals surface area contributed by atoms with Crippen molar-refractivity contribution in [1.29, 1.82) is 0 Å². The van der Waals surface area contributed by atoms with Crippen LogP contribution in [-0.4, -0.2) is 12.9 Å². The number of benzene rings is 2. The summed E-state index contributed by atoms with van der Waals surface area (Å²) in [6.07, 6.45) is 0.198. The van der Waals surface area contributed by atoms with E-state index in [2.05, 4.69) is 0 Å². The molecule has 0 saturated carbocycles. The van der Waals surface area contributed by atoms with Crippen molar-refractivity contribution in [2.24, 2.45) is 0 Å². The summed E-state index contributed by atoms with van der Waals surface area (Å²) in [5.74, 6) is 0.0437. The maximum Gasteiger partial charge on any atom is 0.167 e. The lowest BCUT2D eigenvalue weighted by atomic mass is 10.0. The van der Waals surface area contributed by atoms with Crippen molar-refractivity contribution in [3.05, 3.63) is 64.4 Å². The molecule has 0 heterocycles. The molecule has 0 N–H and O–H groups in total. The van der Waals surface area contributed by atoms with Crippen molar-refractivity contribution < 1.29 is 13.9 Å². The first-order chi connectivity index (χ1) is 9.08. The van der Waals surface area contributed by atoms with Crippen LogP contribution in [0.1, 0.15) is 15.9 Å². The number of rotatable bonds is 4. The van der Waals surface area contributed by atoms with Crippen molar-refractivity contribution in [2.45, 2.75) is 6.42 Å². The summed E-state index contributed by atoms with van der Waals surface area (Å²) in [6, 6.07) is 11.0. The fourth-order valence-electron chi connectivity index (χ4n) is 1.75. The molecule has 0 fully saturated rings. The average Bonchev–Trinajstić information content (AvgIpc) is 2.38. The highest BCUT2D eigenvalue weighted by Crippen LogP contribution is 2.17. The summed E-state index contributed by atoms with van der Waals surface area (Å²) in [5, 5.41) is 0.220. The Labute approximate surface area is 115 Å². The molecule has 0 aliphatic carbocycles. The van der Waals surface area contributed by atoms with Crippen LogP contribution in [0.2, 0.25) is 5.02 Å². The van der Waals surface area contributed by atoms with E-state index in [0.29, 0.717) is 0 Å². The number of ketones is 1. The second-order valence-corrected chi connectivity index (χ2v) is 4.54. The van der Waals surface area contributed by atoms with Crippen molar-refractivity contribution in [1.82, 2.24) is 0 Å². The van der Waals surface area contributed by atoms with E-state index < -0.39 is 5.82 Å². The van der Waals surface area contributed by atoms with E-state index in [1.54, 1.807) is 31.4 Å². The Morgan fingerprint density at radius 3 is 2.47 bits per heavy atom. The Kier molecular flexibility index (Phi) is 4.17. The number of carbonyl (C=O) groups excluding carboxylic acids is 1. The monoisotopic (exact) mass is 278 g/mol. The lowest BCUT2D eigenvalue weighted by molar-refractivity contribution is 0.0992. The molecular weight excluding hydrogens is 267 g/mol. The zero-order chi connectivity index (χ0) is 13.8. The molecule has 0 aliphatic rings. The number of methoxy groups -OCH3 is 1. The third-order valence-electron chi connectivity index (χ3n) is 2.71. The molecule has 0 aromatic heterocycles. The molecule has 98 valence electrons. The van der Waals surface area contributed by atoms with Gasteiger partial charge in [-0.2, -0.15) is 0 Å². The van der Waals surface area contributed by atoms with E-state index in [0.717, 1.165) is 11.3 Å². The zero-order valence-electron chi connectivity index (χ0n) is 10.3. The topological polar surface area (TPSA) is 26.3 Å². The smallest absolute Gasteiger partial charge is 0.167 e. The van der Waals surface area contributed by atoms with E-state index in [-0.39, 0.29) is 22.8 Å². The molecule has 0 aliphatic heterocycles. The quantitative estimate of drug-likeness (QED) is 0.793. The summed E-state index contributed by atoms with van der Waals surface area (Å²) in [7, 11) is 1.58. The SMILES string of the molecule is COc1ccc(CC(=O)c2cc(F)cc(Cl)c2)cc1. The molecule has 2 rings (SSSR count). The third-order valence-corrected chi connectivity index (χ3v) is 2.93. The molecule has 0 amide bonds. The summed E-state index contributed by atoms with van der Waals surface area (Å²) >= 11 is 5.73. The Balaban J connectivity index is 2.15. The summed E-state index contributed by atoms with van der Waals surface area (Å²) < 4.78 is 18.2. The van der Waals surface area contributed by atoms with Gasteiger partial charge in [-0.05, 0) is 35.9 Å². The second-order valence-electron chi connectivity index (χ2n) is 4.11. The highest BCUT2D eigenvalue weighted by Gasteiger charge is 2.09. The second kappa shape index (κ2) is 5.85. The number of hydrogen-bond acceptors (Lipinski definition) is 2. The van der Waals surface area contributed by atoms with Crippen LogP contribution in [0.25, 0.3) is 0 Å². The first-order valence-corrected chi connectivity index (χ1v) is 6.08. The van der Waals surface area contributed by atoms with Crippen molar-refractivity contribution >= 4 is 17.4 Å². The first-order valence-electron chi connectivity index (χ1n) is 5.70. The lowest BCUT2D eigenvalue weighted by Crippen LogP contribution is -2.04. The van der Waals surface area contributed by atoms with E-state index in [9.17, 15) is 9.18 Å². The van der Waals surface area contributed by atoms with Gasteiger partial charge in [0, 0.05) is 17.0 Å². The fraction of sp³-hybridized carbons (Fsp3) is 0.133. The van der Waals surface area contributed by atoms with Crippen LogP contribution >= 0.6 is 11.6 Å². The summed E-state index contributed by atoms with van der Waals surface area (Å²) in [5.41, 5.74) is 1.12. The third kappa shape index (κ3) is 3.55. The molecule has 2 nitrogen and oxygen atoms in total. The van der Waals surface area contributed by atoms with E-state index in [1.165, 1.54) is 18.2 Å². The molecule has 0 radical (unpaired) electrons. The predicted molar refractivity (Wildman–Crippen MR) is 72.4 cm³/mol. The van der Waals surface area contributed by atoms with Gasteiger partial charge in [-0.1, -0.05) is 23.7 Å². The van der Waals surface area contributed by atoms with Crippen LogP contribution in [0.5, 0.6) is 5.75 Å². The number of hydrogen-bond donors (Lipinski definition) is 0. The Bertz CT molecular complexity index is 573. The molecule has 2 aromatic carbocycles. The number of ether oxygens (including phenoxy) is 1. The van der Waals surface area contributed by atoms with Crippen LogP contribution in [0.3, 0.4) is 0 Å². The highest BCUT2D eigenvalue weighted by atomic mass is 35.5. The van der Waals surface area contributed by atoms with Gasteiger partial charge in [0.15, 0.2) is 5.78 Å². The Morgan fingerprint density at radius 2 is 1.89 bits per heavy atom. The normalized spacial score (nSPS) is 10.3. The average molecular weight is 279 g/mol. The van der Waals surface area contributed by atoms with Gasteiger partial charge in [-0.15, -0.1) is 0 Å². The van der Waals surface area contributed by atoms with Gasteiger partial charge in [0.05, 0.1) is 7.11 Å². The Morgan fingerprint density at radius 1 is 1.21 bits per heavy atom. The Hall–Kier alpha value is -1.87. The van der Waals surface area contributed by atoms with Gasteiger partial charge < -0.3 is 4.74 Å². The molecule has 19 heavy (non-hydrogen) atoms. The minimum atomic E-state index is -0.509. The zero-order valence-corrected chi connectivity index (χ0v) is 11.1. The number of Topliss-reactive ketones (excluding diaryl/α,β-unsaturated/α-hetero) is 1. The number of halogens is 2. The summed E-state index contributed by atoms with van der Waals surface area (Å²) in [4.78, 5) is 12.0. The molecule has 0 spiro atoms. The molecule has 2 aromatic rings. The minimum Gasteiger partial charge on any atom is -0.497 e. The van der Waals surface area contributed by atoms with Crippen LogP contribution in [0.15, 0.2) is 42.5 Å². The van der Waals surface area contributed by atoms with Gasteiger partial charge in [-0.3, -0.25) is 4.79 Å². The first kappa shape index (κ1) is 13.6. The molecule has 4 heteroatoms. The van der Waals surface area contributed by atoms with E-state index >= 15 is 0 Å². The van der Waals surface area contributed by atoms with Crippen LogP contribution < -0.4 is 4.74 Å². The van der Waals surface area contributed by atoms with Crippen LogP contribution in [0.4, 0.5) is 4.39 Å². The molecule has 0 atom stereocenters. The van der Waals surface area contributed by atoms with Gasteiger partial charge >= 0.3 is 0 Å². The number of carbonyl (C=O) groups is 1. The molecule has 0 bridgehead atoms. The van der Waals surface area contributed by atoms with Gasteiger partial charge in [0.2, 0.25) is 0 Å². The van der Waals surface area contributed by atoms with E-state index in [1.807, 2.05) is 0 Å².